The first kappa shape index (κ1) is 16.3. The van der Waals surface area contributed by atoms with E-state index >= 15 is 0 Å². The monoisotopic (exact) mass is 341 g/mol. The first-order chi connectivity index (χ1) is 11.5. The van der Waals surface area contributed by atoms with Gasteiger partial charge in [0.05, 0.1) is 5.71 Å². The molecule has 1 aliphatic heterocycles. The van der Waals surface area contributed by atoms with Crippen molar-refractivity contribution in [3.63, 3.8) is 0 Å². The molecule has 0 fully saturated rings. The molecule has 1 aliphatic rings. The van der Waals surface area contributed by atoms with Crippen molar-refractivity contribution in [1.29, 1.82) is 0 Å². The smallest absolute Gasteiger partial charge is 0.231 e. The normalized spacial score (nSPS) is 12.9. The van der Waals surface area contributed by atoms with Gasteiger partial charge in [0.15, 0.2) is 16.6 Å². The quantitative estimate of drug-likeness (QED) is 0.506. The van der Waals surface area contributed by atoms with Gasteiger partial charge in [-0.15, -0.1) is 0 Å². The summed E-state index contributed by atoms with van der Waals surface area (Å²) >= 11 is 5.33. The highest BCUT2D eigenvalue weighted by Crippen LogP contribution is 2.32. The van der Waals surface area contributed by atoms with E-state index in [9.17, 15) is 0 Å². The molecular weight excluding hydrogens is 322 g/mol. The Bertz CT molecular complexity index is 798. The van der Waals surface area contributed by atoms with E-state index in [1.54, 1.807) is 0 Å². The summed E-state index contributed by atoms with van der Waals surface area (Å²) in [5.74, 6) is 1.49. The molecule has 3 rings (SSSR count). The van der Waals surface area contributed by atoms with Crippen LogP contribution in [0.25, 0.3) is 0 Å². The molecule has 0 aliphatic carbocycles. The van der Waals surface area contributed by atoms with Gasteiger partial charge in [0.1, 0.15) is 0 Å². The van der Waals surface area contributed by atoms with Crippen LogP contribution in [0.1, 0.15) is 23.6 Å². The van der Waals surface area contributed by atoms with Crippen LogP contribution in [0.15, 0.2) is 41.5 Å². The van der Waals surface area contributed by atoms with Crippen LogP contribution in [0.5, 0.6) is 11.5 Å². The zero-order valence-corrected chi connectivity index (χ0v) is 14.7. The molecule has 124 valence electrons. The first-order valence-electron chi connectivity index (χ1n) is 7.62. The second kappa shape index (κ2) is 6.88. The molecule has 1 heterocycles. The second-order valence-electron chi connectivity index (χ2n) is 5.60. The van der Waals surface area contributed by atoms with E-state index in [4.69, 9.17) is 21.7 Å². The summed E-state index contributed by atoms with van der Waals surface area (Å²) in [5, 5.41) is 7.99. The van der Waals surface area contributed by atoms with Gasteiger partial charge in [-0.25, -0.2) is 0 Å². The summed E-state index contributed by atoms with van der Waals surface area (Å²) < 4.78 is 10.7. The van der Waals surface area contributed by atoms with Crippen LogP contribution < -0.4 is 20.2 Å². The van der Waals surface area contributed by atoms with Gasteiger partial charge >= 0.3 is 0 Å². The average molecular weight is 341 g/mol. The number of hydrogen-bond acceptors (Lipinski definition) is 4. The standard InChI is InChI=1S/C18H19N3O2S/c1-11-5-4-6-12(2)17(11)19-18(24)21-20-13(3)14-7-8-15-16(9-14)23-10-22-15/h4-9H,10H2,1-3H3,(H2,19,21,24)/b20-13+. The number of nitrogens with zero attached hydrogens (tertiary/aromatic N) is 1. The third-order valence-corrected chi connectivity index (χ3v) is 4.03. The first-order valence-corrected chi connectivity index (χ1v) is 8.03. The molecule has 0 spiro atoms. The average Bonchev–Trinajstić information content (AvgIpc) is 3.03. The topological polar surface area (TPSA) is 54.9 Å². The summed E-state index contributed by atoms with van der Waals surface area (Å²) in [4.78, 5) is 0. The molecule has 2 N–H and O–H groups in total. The van der Waals surface area contributed by atoms with E-state index in [0.29, 0.717) is 5.11 Å². The lowest BCUT2D eigenvalue weighted by molar-refractivity contribution is 0.174. The molecule has 0 atom stereocenters. The van der Waals surface area contributed by atoms with Gasteiger partial charge < -0.3 is 14.8 Å². The number of hydrogen-bond donors (Lipinski definition) is 2. The van der Waals surface area contributed by atoms with Gasteiger partial charge in [0.25, 0.3) is 0 Å². The zero-order chi connectivity index (χ0) is 17.1. The Balaban J connectivity index is 1.67. The Labute approximate surface area is 146 Å². The second-order valence-corrected chi connectivity index (χ2v) is 6.01. The van der Waals surface area contributed by atoms with Crippen LogP contribution in [0.2, 0.25) is 0 Å². The van der Waals surface area contributed by atoms with Gasteiger partial charge in [-0.2, -0.15) is 5.10 Å². The van der Waals surface area contributed by atoms with Crippen LogP contribution in [0.4, 0.5) is 5.69 Å². The maximum atomic E-state index is 5.38. The molecule has 2 aromatic rings. The number of nitrogens with one attached hydrogen (secondary N) is 2. The Kier molecular flexibility index (Phi) is 4.66. The van der Waals surface area contributed by atoms with Crippen molar-refractivity contribution in [1.82, 2.24) is 5.43 Å². The third-order valence-electron chi connectivity index (χ3n) is 3.84. The maximum absolute atomic E-state index is 5.38. The molecule has 0 saturated carbocycles. The fraction of sp³-hybridized carbons (Fsp3) is 0.222. The summed E-state index contributed by atoms with van der Waals surface area (Å²) in [6.45, 7) is 6.25. The fourth-order valence-electron chi connectivity index (χ4n) is 2.47. The summed E-state index contributed by atoms with van der Waals surface area (Å²) in [6, 6.07) is 11.8. The number of thiocarbonyl (C=S) groups is 1. The van der Waals surface area contributed by atoms with Crippen LogP contribution >= 0.6 is 12.2 Å². The molecule has 0 saturated heterocycles. The number of hydrazone groups is 1. The van der Waals surface area contributed by atoms with Crippen molar-refractivity contribution in [2.45, 2.75) is 20.8 Å². The molecular formula is C18H19N3O2S. The van der Waals surface area contributed by atoms with Gasteiger partial charge in [0.2, 0.25) is 6.79 Å². The Morgan fingerprint density at radius 3 is 2.54 bits per heavy atom. The molecule has 0 unspecified atom stereocenters. The Hall–Kier alpha value is -2.60. The molecule has 0 bridgehead atoms. The van der Waals surface area contributed by atoms with Crippen molar-refractivity contribution in [2.24, 2.45) is 5.10 Å². The minimum absolute atomic E-state index is 0.261. The number of para-hydroxylation sites is 1. The highest BCUT2D eigenvalue weighted by atomic mass is 32.1. The van der Waals surface area contributed by atoms with Crippen LogP contribution in [-0.4, -0.2) is 17.6 Å². The largest absolute Gasteiger partial charge is 0.454 e. The van der Waals surface area contributed by atoms with Crippen LogP contribution in [0.3, 0.4) is 0 Å². The van der Waals surface area contributed by atoms with Crippen molar-refractivity contribution in [3.05, 3.63) is 53.1 Å². The highest BCUT2D eigenvalue weighted by molar-refractivity contribution is 7.80. The minimum Gasteiger partial charge on any atom is -0.454 e. The van der Waals surface area contributed by atoms with E-state index < -0.39 is 0 Å². The number of ether oxygens (including phenoxy) is 2. The summed E-state index contributed by atoms with van der Waals surface area (Å²) in [5.41, 5.74) is 7.91. The molecule has 2 aromatic carbocycles. The third kappa shape index (κ3) is 3.49. The highest BCUT2D eigenvalue weighted by Gasteiger charge is 2.14. The maximum Gasteiger partial charge on any atom is 0.231 e. The lowest BCUT2D eigenvalue weighted by atomic mass is 10.1. The number of aryl methyl sites for hydroxylation is 2. The fourth-order valence-corrected chi connectivity index (χ4v) is 2.62. The van der Waals surface area contributed by atoms with E-state index in [1.807, 2.05) is 57.2 Å². The van der Waals surface area contributed by atoms with Gasteiger partial charge in [-0.3, -0.25) is 5.43 Å². The Morgan fingerprint density at radius 1 is 1.08 bits per heavy atom. The molecule has 0 radical (unpaired) electrons. The molecule has 24 heavy (non-hydrogen) atoms. The van der Waals surface area contributed by atoms with E-state index in [2.05, 4.69) is 15.8 Å². The Morgan fingerprint density at radius 2 is 1.79 bits per heavy atom. The molecule has 5 nitrogen and oxygen atoms in total. The lowest BCUT2D eigenvalue weighted by Crippen LogP contribution is -2.25. The van der Waals surface area contributed by atoms with E-state index in [0.717, 1.165) is 39.6 Å². The predicted molar refractivity (Wildman–Crippen MR) is 100 cm³/mol. The van der Waals surface area contributed by atoms with Gasteiger partial charge in [-0.1, -0.05) is 18.2 Å². The van der Waals surface area contributed by atoms with Crippen molar-refractivity contribution < 1.29 is 9.47 Å². The van der Waals surface area contributed by atoms with Gasteiger partial charge in [-0.05, 0) is 62.3 Å². The number of benzene rings is 2. The number of rotatable bonds is 3. The SMILES string of the molecule is C/C(=N\NC(=S)Nc1c(C)cccc1C)c1ccc2c(c1)OCO2. The summed E-state index contributed by atoms with van der Waals surface area (Å²) in [7, 11) is 0. The number of fused-ring (bicyclic) bond motifs is 1. The predicted octanol–water partition coefficient (Wildman–Crippen LogP) is 3.74. The number of anilines is 1. The summed E-state index contributed by atoms with van der Waals surface area (Å²) in [6.07, 6.45) is 0. The van der Waals surface area contributed by atoms with E-state index in [1.165, 1.54) is 0 Å². The molecule has 0 aromatic heterocycles. The zero-order valence-electron chi connectivity index (χ0n) is 13.8. The molecule has 0 amide bonds. The van der Waals surface area contributed by atoms with E-state index in [-0.39, 0.29) is 6.79 Å². The lowest BCUT2D eigenvalue weighted by Gasteiger charge is -2.13. The minimum atomic E-state index is 0.261. The van der Waals surface area contributed by atoms with Crippen molar-refractivity contribution in [2.75, 3.05) is 12.1 Å². The molecule has 6 heteroatoms. The van der Waals surface area contributed by atoms with Crippen LogP contribution in [-0.2, 0) is 0 Å². The van der Waals surface area contributed by atoms with Gasteiger partial charge in [0, 0.05) is 11.3 Å². The van der Waals surface area contributed by atoms with Crippen molar-refractivity contribution in [3.8, 4) is 11.5 Å². The van der Waals surface area contributed by atoms with Crippen molar-refractivity contribution >= 4 is 28.7 Å². The van der Waals surface area contributed by atoms with Crippen LogP contribution in [0, 0.1) is 13.8 Å².